The summed E-state index contributed by atoms with van der Waals surface area (Å²) in [5.41, 5.74) is 5.47. The van der Waals surface area contributed by atoms with Crippen molar-refractivity contribution >= 4 is 37.7 Å². The van der Waals surface area contributed by atoms with E-state index in [1.54, 1.807) is 18.2 Å². The molecule has 1 aliphatic heterocycles. The number of benzene rings is 1. The Kier molecular flexibility index (Phi) is 4.14. The molecule has 8 heteroatoms. The molecule has 0 saturated heterocycles. The SMILES string of the molecule is CC(C)[C@H](Br)C(=O)NNC1=NS(=O)(=O)c2ccccc21. The van der Waals surface area contributed by atoms with Crippen molar-refractivity contribution < 1.29 is 13.2 Å². The second-order valence-electron chi connectivity index (χ2n) is 4.67. The van der Waals surface area contributed by atoms with Crippen LogP contribution < -0.4 is 10.9 Å². The van der Waals surface area contributed by atoms with Gasteiger partial charge in [0.15, 0.2) is 5.84 Å². The van der Waals surface area contributed by atoms with E-state index in [4.69, 9.17) is 0 Å². The molecule has 0 radical (unpaired) electrons. The number of carbonyl (C=O) groups excluding carboxylic acids is 1. The Bertz CT molecular complexity index is 670. The third-order valence-corrected chi connectivity index (χ3v) is 5.58. The van der Waals surface area contributed by atoms with Gasteiger partial charge in [-0.25, -0.2) is 0 Å². The molecule has 0 aliphatic carbocycles. The zero-order chi connectivity index (χ0) is 14.9. The first-order valence-corrected chi connectivity index (χ1v) is 8.33. The molecule has 1 aromatic carbocycles. The molecule has 6 nitrogen and oxygen atoms in total. The Morgan fingerprint density at radius 3 is 2.60 bits per heavy atom. The van der Waals surface area contributed by atoms with Crippen LogP contribution in [0, 0.1) is 5.92 Å². The fraction of sp³-hybridized carbons (Fsp3) is 0.333. The summed E-state index contributed by atoms with van der Waals surface area (Å²) in [5.74, 6) is -0.0554. The van der Waals surface area contributed by atoms with Gasteiger partial charge in [0, 0.05) is 5.56 Å². The van der Waals surface area contributed by atoms with E-state index >= 15 is 0 Å². The summed E-state index contributed by atoms with van der Waals surface area (Å²) in [6.07, 6.45) is 0. The quantitative estimate of drug-likeness (QED) is 0.612. The van der Waals surface area contributed by atoms with E-state index < -0.39 is 10.0 Å². The molecule has 1 aliphatic rings. The molecule has 0 fully saturated rings. The molecule has 1 amide bonds. The topological polar surface area (TPSA) is 87.6 Å². The number of sulfonamides is 1. The lowest BCUT2D eigenvalue weighted by molar-refractivity contribution is -0.121. The minimum atomic E-state index is -3.68. The summed E-state index contributed by atoms with van der Waals surface area (Å²) in [6.45, 7) is 3.79. The average molecular weight is 360 g/mol. The molecular weight excluding hydrogens is 346 g/mol. The van der Waals surface area contributed by atoms with Crippen LogP contribution in [0.3, 0.4) is 0 Å². The van der Waals surface area contributed by atoms with Crippen LogP contribution in [0.1, 0.15) is 19.4 Å². The molecule has 2 N–H and O–H groups in total. The highest BCUT2D eigenvalue weighted by Gasteiger charge is 2.29. The van der Waals surface area contributed by atoms with Gasteiger partial charge in [-0.2, -0.15) is 8.42 Å². The predicted octanol–water partition coefficient (Wildman–Crippen LogP) is 1.18. The predicted molar refractivity (Wildman–Crippen MR) is 79.0 cm³/mol. The molecule has 0 bridgehead atoms. The van der Waals surface area contributed by atoms with E-state index in [2.05, 4.69) is 31.2 Å². The van der Waals surface area contributed by atoms with Gasteiger partial charge in [-0.05, 0) is 18.1 Å². The van der Waals surface area contributed by atoms with Crippen LogP contribution in [0.2, 0.25) is 0 Å². The smallest absolute Gasteiger partial charge is 0.281 e. The molecule has 1 aromatic rings. The molecule has 0 unspecified atom stereocenters. The van der Waals surface area contributed by atoms with Crippen LogP contribution in [0.25, 0.3) is 0 Å². The number of alkyl halides is 1. The molecule has 20 heavy (non-hydrogen) atoms. The summed E-state index contributed by atoms with van der Waals surface area (Å²) >= 11 is 3.26. The molecule has 0 spiro atoms. The molecular formula is C12H14BrN3O3S. The summed E-state index contributed by atoms with van der Waals surface area (Å²) in [4.78, 5) is 11.6. The Morgan fingerprint density at radius 2 is 1.95 bits per heavy atom. The van der Waals surface area contributed by atoms with E-state index in [1.165, 1.54) is 6.07 Å². The van der Waals surface area contributed by atoms with E-state index in [1.807, 2.05) is 13.8 Å². The molecule has 108 valence electrons. The molecule has 0 saturated carbocycles. The van der Waals surface area contributed by atoms with Crippen molar-refractivity contribution in [3.63, 3.8) is 0 Å². The highest BCUT2D eigenvalue weighted by molar-refractivity contribution is 9.10. The first-order chi connectivity index (χ1) is 9.33. The highest BCUT2D eigenvalue weighted by atomic mass is 79.9. The van der Waals surface area contributed by atoms with Crippen LogP contribution in [0.15, 0.2) is 33.6 Å². The number of hydrazine groups is 1. The van der Waals surface area contributed by atoms with Gasteiger partial charge >= 0.3 is 0 Å². The number of fused-ring (bicyclic) bond motifs is 1. The number of amides is 1. The van der Waals surface area contributed by atoms with Gasteiger partial charge in [-0.1, -0.05) is 41.9 Å². The standard InChI is InChI=1S/C12H14BrN3O3S/c1-7(2)10(13)12(17)15-14-11-8-5-3-4-6-9(8)20(18,19)16-11/h3-7,10H,1-2H3,(H,14,16)(H,15,17)/t10-/m0/s1. The van der Waals surface area contributed by atoms with Gasteiger partial charge in [0.1, 0.15) is 4.90 Å². The van der Waals surface area contributed by atoms with Gasteiger partial charge in [-0.3, -0.25) is 15.6 Å². The normalized spacial score (nSPS) is 17.3. The number of hydrogen-bond acceptors (Lipinski definition) is 4. The summed E-state index contributed by atoms with van der Waals surface area (Å²) in [5, 5.41) is 0. The molecule has 1 heterocycles. The van der Waals surface area contributed by atoms with E-state index in [0.29, 0.717) is 5.56 Å². The number of amidine groups is 1. The first kappa shape index (κ1) is 15.0. The van der Waals surface area contributed by atoms with Crippen molar-refractivity contribution in [3.05, 3.63) is 29.8 Å². The van der Waals surface area contributed by atoms with Crippen LogP contribution in [0.4, 0.5) is 0 Å². The van der Waals surface area contributed by atoms with Crippen molar-refractivity contribution in [2.75, 3.05) is 0 Å². The molecule has 2 rings (SSSR count). The van der Waals surface area contributed by atoms with Gasteiger partial charge in [0.2, 0.25) is 0 Å². The van der Waals surface area contributed by atoms with Crippen molar-refractivity contribution in [2.45, 2.75) is 23.6 Å². The van der Waals surface area contributed by atoms with Gasteiger partial charge < -0.3 is 0 Å². The maximum Gasteiger partial charge on any atom is 0.285 e. The van der Waals surface area contributed by atoms with Gasteiger partial charge in [0.25, 0.3) is 15.9 Å². The zero-order valence-corrected chi connectivity index (χ0v) is 13.3. The summed E-state index contributed by atoms with van der Waals surface area (Å²) in [7, 11) is -3.68. The number of nitrogens with zero attached hydrogens (tertiary/aromatic N) is 1. The maximum atomic E-state index is 11.8. The van der Waals surface area contributed by atoms with E-state index in [-0.39, 0.29) is 27.4 Å². The second-order valence-corrected chi connectivity index (χ2v) is 7.23. The number of halogens is 1. The van der Waals surface area contributed by atoms with E-state index in [0.717, 1.165) is 0 Å². The lowest BCUT2D eigenvalue weighted by Gasteiger charge is -2.14. The average Bonchev–Trinajstić information content (AvgIpc) is 2.67. The summed E-state index contributed by atoms with van der Waals surface area (Å²) < 4.78 is 27.2. The Labute approximate surface area is 125 Å². The zero-order valence-electron chi connectivity index (χ0n) is 10.9. The monoisotopic (exact) mass is 359 g/mol. The Morgan fingerprint density at radius 1 is 1.30 bits per heavy atom. The van der Waals surface area contributed by atoms with Crippen LogP contribution in [0.5, 0.6) is 0 Å². The van der Waals surface area contributed by atoms with Crippen LogP contribution >= 0.6 is 15.9 Å². The third-order valence-electron chi connectivity index (χ3n) is 2.77. The maximum absolute atomic E-state index is 11.8. The van der Waals surface area contributed by atoms with Gasteiger partial charge in [0.05, 0.1) is 4.83 Å². The minimum absolute atomic E-state index is 0.110. The number of hydrogen-bond donors (Lipinski definition) is 2. The number of nitrogens with one attached hydrogen (secondary N) is 2. The van der Waals surface area contributed by atoms with Gasteiger partial charge in [-0.15, -0.1) is 4.40 Å². The lowest BCUT2D eigenvalue weighted by Crippen LogP contribution is -2.46. The fourth-order valence-electron chi connectivity index (χ4n) is 1.69. The number of rotatable bonds is 2. The Balaban J connectivity index is 2.15. The second kappa shape index (κ2) is 5.53. The van der Waals surface area contributed by atoms with E-state index in [9.17, 15) is 13.2 Å². The van der Waals surface area contributed by atoms with Crippen molar-refractivity contribution in [3.8, 4) is 0 Å². The lowest BCUT2D eigenvalue weighted by atomic mass is 10.1. The van der Waals surface area contributed by atoms with Crippen LogP contribution in [-0.2, 0) is 14.8 Å². The van der Waals surface area contributed by atoms with Crippen molar-refractivity contribution in [2.24, 2.45) is 10.3 Å². The molecule has 0 aromatic heterocycles. The summed E-state index contributed by atoms with van der Waals surface area (Å²) in [6, 6.07) is 6.44. The first-order valence-electron chi connectivity index (χ1n) is 5.97. The Hall–Kier alpha value is -1.41. The molecule has 1 atom stereocenters. The number of carbonyl (C=O) groups is 1. The minimum Gasteiger partial charge on any atom is -0.281 e. The fourth-order valence-corrected chi connectivity index (χ4v) is 2.98. The van der Waals surface area contributed by atoms with Crippen molar-refractivity contribution in [1.29, 1.82) is 0 Å². The van der Waals surface area contributed by atoms with Crippen molar-refractivity contribution in [1.82, 2.24) is 10.9 Å². The highest BCUT2D eigenvalue weighted by Crippen LogP contribution is 2.24. The third kappa shape index (κ3) is 2.85. The largest absolute Gasteiger partial charge is 0.285 e. The van der Waals surface area contributed by atoms with Crippen LogP contribution in [-0.4, -0.2) is 25.0 Å².